The van der Waals surface area contributed by atoms with Crippen molar-refractivity contribution in [3.63, 3.8) is 0 Å². The maximum atomic E-state index is 5.78. The lowest BCUT2D eigenvalue weighted by molar-refractivity contribution is 0.217. The van der Waals surface area contributed by atoms with Crippen molar-refractivity contribution < 1.29 is 9.26 Å². The second-order valence-corrected chi connectivity index (χ2v) is 5.43. The lowest BCUT2D eigenvalue weighted by atomic mass is 10.2. The smallest absolute Gasteiger partial charge is 0.258 e. The predicted octanol–water partition coefficient (Wildman–Crippen LogP) is 4.02. The molecule has 0 bridgehead atoms. The van der Waals surface area contributed by atoms with E-state index in [9.17, 15) is 0 Å². The molecular weight excluding hydrogens is 304 g/mol. The van der Waals surface area contributed by atoms with E-state index >= 15 is 0 Å². The number of ether oxygens (including phenoxy) is 1. The molecule has 2 heterocycles. The highest BCUT2D eigenvalue weighted by molar-refractivity contribution is 5.70. The second kappa shape index (κ2) is 7.12. The van der Waals surface area contributed by atoms with Gasteiger partial charge in [0.2, 0.25) is 5.82 Å². The molecule has 3 aromatic rings. The molecule has 2 aromatic heterocycles. The average Bonchev–Trinajstić information content (AvgIpc) is 3.12. The van der Waals surface area contributed by atoms with Crippen molar-refractivity contribution in [3.05, 3.63) is 42.6 Å². The fourth-order valence-electron chi connectivity index (χ4n) is 2.23. The third-order valence-corrected chi connectivity index (χ3v) is 3.72. The van der Waals surface area contributed by atoms with E-state index in [0.717, 1.165) is 23.3 Å². The first-order valence-electron chi connectivity index (χ1n) is 7.95. The summed E-state index contributed by atoms with van der Waals surface area (Å²) in [6, 6.07) is 11.4. The SMILES string of the molecule is CC[C@@H](C)Oc1ccc(-c2nc(-c3cccnc3NC)no2)cc1. The van der Waals surface area contributed by atoms with Crippen molar-refractivity contribution in [1.29, 1.82) is 0 Å². The number of nitrogens with one attached hydrogen (secondary N) is 1. The minimum atomic E-state index is 0.191. The summed E-state index contributed by atoms with van der Waals surface area (Å²) in [6.07, 6.45) is 2.87. The van der Waals surface area contributed by atoms with Crippen molar-refractivity contribution in [2.75, 3.05) is 12.4 Å². The molecule has 0 spiro atoms. The van der Waals surface area contributed by atoms with Gasteiger partial charge in [0.1, 0.15) is 11.6 Å². The van der Waals surface area contributed by atoms with Crippen LogP contribution in [-0.4, -0.2) is 28.3 Å². The third kappa shape index (κ3) is 3.37. The van der Waals surface area contributed by atoms with Gasteiger partial charge in [0.05, 0.1) is 11.7 Å². The van der Waals surface area contributed by atoms with Gasteiger partial charge in [-0.3, -0.25) is 0 Å². The van der Waals surface area contributed by atoms with Crippen molar-refractivity contribution in [2.24, 2.45) is 0 Å². The molecule has 0 fully saturated rings. The van der Waals surface area contributed by atoms with Gasteiger partial charge in [0.25, 0.3) is 5.89 Å². The molecular formula is C18H20N4O2. The van der Waals surface area contributed by atoms with Crippen LogP contribution in [0.15, 0.2) is 47.1 Å². The second-order valence-electron chi connectivity index (χ2n) is 5.43. The Hall–Kier alpha value is -2.89. The Morgan fingerprint density at radius 3 is 2.71 bits per heavy atom. The van der Waals surface area contributed by atoms with E-state index in [-0.39, 0.29) is 6.10 Å². The zero-order chi connectivity index (χ0) is 16.9. The molecule has 0 radical (unpaired) electrons. The first-order valence-corrected chi connectivity index (χ1v) is 7.95. The standard InChI is InChI=1S/C18H20N4O2/c1-4-12(2)23-14-9-7-13(8-10-14)18-21-17(22-24-18)15-6-5-11-20-16(15)19-3/h5-12H,4H2,1-3H3,(H,19,20)/t12-/m1/s1. The Kier molecular flexibility index (Phi) is 4.74. The lowest BCUT2D eigenvalue weighted by Gasteiger charge is -2.12. The van der Waals surface area contributed by atoms with Crippen LogP contribution in [0.25, 0.3) is 22.8 Å². The van der Waals surface area contributed by atoms with Gasteiger partial charge in [0.15, 0.2) is 0 Å². The van der Waals surface area contributed by atoms with Crippen LogP contribution in [0.4, 0.5) is 5.82 Å². The number of nitrogens with zero attached hydrogens (tertiary/aromatic N) is 3. The van der Waals surface area contributed by atoms with Crippen molar-refractivity contribution in [3.8, 4) is 28.6 Å². The number of aromatic nitrogens is 3. The number of benzene rings is 1. The van der Waals surface area contributed by atoms with E-state index in [4.69, 9.17) is 9.26 Å². The Bertz CT molecular complexity index is 799. The van der Waals surface area contributed by atoms with E-state index in [1.54, 1.807) is 6.20 Å². The van der Waals surface area contributed by atoms with Crippen molar-refractivity contribution in [1.82, 2.24) is 15.1 Å². The minimum absolute atomic E-state index is 0.191. The van der Waals surface area contributed by atoms with E-state index in [0.29, 0.717) is 17.5 Å². The quantitative estimate of drug-likeness (QED) is 0.738. The summed E-state index contributed by atoms with van der Waals surface area (Å²) in [5, 5.41) is 7.08. The molecule has 0 saturated carbocycles. The molecule has 6 nitrogen and oxygen atoms in total. The van der Waals surface area contributed by atoms with Gasteiger partial charge >= 0.3 is 0 Å². The molecule has 1 aromatic carbocycles. The Labute approximate surface area is 140 Å². The van der Waals surface area contributed by atoms with Gasteiger partial charge in [-0.25, -0.2) is 4.98 Å². The predicted molar refractivity (Wildman–Crippen MR) is 92.9 cm³/mol. The van der Waals surface area contributed by atoms with Crippen LogP contribution >= 0.6 is 0 Å². The summed E-state index contributed by atoms with van der Waals surface area (Å²) in [6.45, 7) is 4.14. The van der Waals surface area contributed by atoms with Crippen molar-refractivity contribution >= 4 is 5.82 Å². The molecule has 1 N–H and O–H groups in total. The van der Waals surface area contributed by atoms with Crippen LogP contribution in [0.3, 0.4) is 0 Å². The van der Waals surface area contributed by atoms with Gasteiger partial charge in [-0.1, -0.05) is 12.1 Å². The van der Waals surface area contributed by atoms with E-state index < -0.39 is 0 Å². The highest BCUT2D eigenvalue weighted by atomic mass is 16.5. The maximum Gasteiger partial charge on any atom is 0.258 e. The highest BCUT2D eigenvalue weighted by Crippen LogP contribution is 2.27. The van der Waals surface area contributed by atoms with E-state index in [1.807, 2.05) is 50.4 Å². The number of pyridine rings is 1. The molecule has 0 saturated heterocycles. The van der Waals surface area contributed by atoms with Crippen molar-refractivity contribution in [2.45, 2.75) is 26.4 Å². The normalized spacial score (nSPS) is 12.0. The molecule has 24 heavy (non-hydrogen) atoms. The van der Waals surface area contributed by atoms with Crippen LogP contribution in [0.5, 0.6) is 5.75 Å². The first kappa shape index (κ1) is 16.0. The summed E-state index contributed by atoms with van der Waals surface area (Å²) in [5.41, 5.74) is 1.65. The van der Waals surface area contributed by atoms with Crippen LogP contribution in [0.1, 0.15) is 20.3 Å². The summed E-state index contributed by atoms with van der Waals surface area (Å²) < 4.78 is 11.2. The maximum absolute atomic E-state index is 5.78. The highest BCUT2D eigenvalue weighted by Gasteiger charge is 2.14. The minimum Gasteiger partial charge on any atom is -0.491 e. The van der Waals surface area contributed by atoms with Gasteiger partial charge in [-0.2, -0.15) is 4.98 Å². The van der Waals surface area contributed by atoms with Gasteiger partial charge in [0, 0.05) is 18.8 Å². The van der Waals surface area contributed by atoms with Gasteiger partial charge in [-0.05, 0) is 49.7 Å². The van der Waals surface area contributed by atoms with Gasteiger partial charge < -0.3 is 14.6 Å². The van der Waals surface area contributed by atoms with Crippen LogP contribution in [0.2, 0.25) is 0 Å². The number of hydrogen-bond acceptors (Lipinski definition) is 6. The fourth-order valence-corrected chi connectivity index (χ4v) is 2.23. The zero-order valence-electron chi connectivity index (χ0n) is 14.0. The topological polar surface area (TPSA) is 73.1 Å². The lowest BCUT2D eigenvalue weighted by Crippen LogP contribution is -2.09. The largest absolute Gasteiger partial charge is 0.491 e. The Morgan fingerprint density at radius 1 is 1.21 bits per heavy atom. The molecule has 1 atom stereocenters. The van der Waals surface area contributed by atoms with Crippen LogP contribution in [-0.2, 0) is 0 Å². The molecule has 0 unspecified atom stereocenters. The molecule has 0 aliphatic heterocycles. The Balaban J connectivity index is 1.83. The molecule has 6 heteroatoms. The summed E-state index contributed by atoms with van der Waals surface area (Å²) in [4.78, 5) is 8.72. The molecule has 0 aliphatic carbocycles. The van der Waals surface area contributed by atoms with E-state index in [2.05, 4.69) is 27.4 Å². The molecule has 0 aliphatic rings. The van der Waals surface area contributed by atoms with Crippen LogP contribution < -0.4 is 10.1 Å². The molecule has 124 valence electrons. The van der Waals surface area contributed by atoms with Crippen LogP contribution in [0, 0.1) is 0 Å². The number of anilines is 1. The summed E-state index contributed by atoms with van der Waals surface area (Å²) in [5.74, 6) is 2.51. The fraction of sp³-hybridized carbons (Fsp3) is 0.278. The van der Waals surface area contributed by atoms with Gasteiger partial charge in [-0.15, -0.1) is 0 Å². The molecule has 3 rings (SSSR count). The summed E-state index contributed by atoms with van der Waals surface area (Å²) >= 11 is 0. The summed E-state index contributed by atoms with van der Waals surface area (Å²) in [7, 11) is 1.81. The first-order chi connectivity index (χ1) is 11.7. The average molecular weight is 324 g/mol. The Morgan fingerprint density at radius 2 is 2.00 bits per heavy atom. The zero-order valence-corrected chi connectivity index (χ0v) is 14.0. The monoisotopic (exact) mass is 324 g/mol. The number of hydrogen-bond donors (Lipinski definition) is 1. The molecule has 0 amide bonds. The van der Waals surface area contributed by atoms with E-state index in [1.165, 1.54) is 0 Å². The third-order valence-electron chi connectivity index (χ3n) is 3.72. The number of rotatable bonds is 6.